The molecule has 0 atom stereocenters. The van der Waals surface area contributed by atoms with Crippen LogP contribution >= 0.6 is 0 Å². The summed E-state index contributed by atoms with van der Waals surface area (Å²) < 4.78 is 59.4. The Labute approximate surface area is 375 Å². The van der Waals surface area contributed by atoms with Crippen molar-refractivity contribution in [2.45, 2.75) is 37.4 Å². The number of nitrogens with one attached hydrogen (secondary N) is 1. The second kappa shape index (κ2) is 21.3. The highest BCUT2D eigenvalue weighted by atomic mass is 32.2. The third-order valence-electron chi connectivity index (χ3n) is 9.20. The second-order valence-corrected chi connectivity index (χ2v) is 16.0. The first-order valence-corrected chi connectivity index (χ1v) is 20.9. The van der Waals surface area contributed by atoms with Crippen LogP contribution in [-0.4, -0.2) is 77.4 Å². The maximum absolute atomic E-state index is 14.2. The van der Waals surface area contributed by atoms with Crippen molar-refractivity contribution in [2.75, 3.05) is 31.7 Å². The van der Waals surface area contributed by atoms with E-state index >= 15 is 0 Å². The first-order chi connectivity index (χ1) is 31.6. The molecule has 0 spiro atoms. The third-order valence-corrected chi connectivity index (χ3v) is 10.6. The highest BCUT2D eigenvalue weighted by Gasteiger charge is 2.28. The van der Waals surface area contributed by atoms with Gasteiger partial charge in [-0.3, -0.25) is 4.72 Å². The summed E-state index contributed by atoms with van der Waals surface area (Å²) in [4.78, 5) is 72.7. The molecule has 66 heavy (non-hydrogen) atoms. The molecule has 0 aliphatic carbocycles. The fourth-order valence-electron chi connectivity index (χ4n) is 5.84. The lowest BCUT2D eigenvalue weighted by Gasteiger charge is -2.25. The van der Waals surface area contributed by atoms with Crippen LogP contribution in [0.4, 0.5) is 5.82 Å². The van der Waals surface area contributed by atoms with E-state index in [9.17, 15) is 38.2 Å². The van der Waals surface area contributed by atoms with Crippen molar-refractivity contribution in [3.05, 3.63) is 164 Å². The van der Waals surface area contributed by atoms with Gasteiger partial charge in [-0.1, -0.05) is 62.4 Å². The summed E-state index contributed by atoms with van der Waals surface area (Å²) >= 11 is 0. The number of para-hydroxylation sites is 2. The van der Waals surface area contributed by atoms with E-state index in [2.05, 4.69) is 34.3 Å². The van der Waals surface area contributed by atoms with Gasteiger partial charge < -0.3 is 33.4 Å². The van der Waals surface area contributed by atoms with Gasteiger partial charge in [-0.2, -0.15) is 4.98 Å². The molecule has 0 bridgehead atoms. The lowest BCUT2D eigenvalue weighted by molar-refractivity contribution is -0.763. The molecule has 0 radical (unpaired) electrons. The van der Waals surface area contributed by atoms with E-state index in [-0.39, 0.29) is 83.8 Å². The molecule has 1 N–H and O–H groups in total. The van der Waals surface area contributed by atoms with Crippen LogP contribution in [0.3, 0.4) is 0 Å². The molecule has 0 aliphatic heterocycles. The van der Waals surface area contributed by atoms with Gasteiger partial charge in [0.15, 0.2) is 23.1 Å². The number of rotatable bonds is 22. The summed E-state index contributed by atoms with van der Waals surface area (Å²) in [6.45, 7) is 2.17. The Balaban J connectivity index is 1.23. The Morgan fingerprint density at radius 3 is 2.03 bits per heavy atom. The van der Waals surface area contributed by atoms with Crippen LogP contribution in [-0.2, 0) is 47.8 Å². The molecule has 23 heteroatoms. The molecular formula is C43H39N7O15S. The van der Waals surface area contributed by atoms with Gasteiger partial charge >= 0.3 is 11.9 Å². The normalized spacial score (nSPS) is 11.1. The van der Waals surface area contributed by atoms with Crippen LogP contribution in [0.1, 0.15) is 51.3 Å². The van der Waals surface area contributed by atoms with Crippen molar-refractivity contribution >= 4 is 27.8 Å². The summed E-state index contributed by atoms with van der Waals surface area (Å²) in [5.74, 6) is -2.23. The number of esters is 2. The molecule has 4 aromatic carbocycles. The number of carbonyl (C=O) groups excluding carboxylic acids is 2. The molecule has 0 amide bonds. The molecule has 0 unspecified atom stereocenters. The zero-order chi connectivity index (χ0) is 47.3. The summed E-state index contributed by atoms with van der Waals surface area (Å²) in [6, 6.07) is 25.7. The van der Waals surface area contributed by atoms with E-state index in [1.165, 1.54) is 80.2 Å². The Morgan fingerprint density at radius 2 is 1.36 bits per heavy atom. The lowest BCUT2D eigenvalue weighted by Crippen LogP contribution is -2.26. The summed E-state index contributed by atoms with van der Waals surface area (Å²) in [7, 11) is -3.06. The van der Waals surface area contributed by atoms with Gasteiger partial charge in [0, 0.05) is 17.8 Å². The Morgan fingerprint density at radius 1 is 0.712 bits per heavy atom. The first-order valence-electron chi connectivity index (χ1n) is 19.4. The van der Waals surface area contributed by atoms with E-state index in [1.807, 2.05) is 0 Å². The van der Waals surface area contributed by atoms with Gasteiger partial charge in [0.2, 0.25) is 11.6 Å². The fourth-order valence-corrected chi connectivity index (χ4v) is 6.84. The van der Waals surface area contributed by atoms with Gasteiger partial charge in [0.25, 0.3) is 26.1 Å². The minimum atomic E-state index is -4.47. The van der Waals surface area contributed by atoms with Crippen LogP contribution < -0.4 is 18.9 Å². The number of ether oxygens (including phenoxy) is 5. The molecule has 22 nitrogen and oxygen atoms in total. The van der Waals surface area contributed by atoms with Crippen LogP contribution in [0, 0.1) is 20.2 Å². The quantitative estimate of drug-likeness (QED) is 0.0337. The average Bonchev–Trinajstić information content (AvgIpc) is 3.32. The minimum Gasteiger partial charge on any atom is -0.493 e. The average molecular weight is 926 g/mol. The van der Waals surface area contributed by atoms with Crippen molar-refractivity contribution in [2.24, 2.45) is 0 Å². The third kappa shape index (κ3) is 12.6. The zero-order valence-electron chi connectivity index (χ0n) is 35.2. The van der Waals surface area contributed by atoms with Crippen molar-refractivity contribution in [3.8, 4) is 34.8 Å². The number of sulfonamides is 1. The topological polar surface area (TPSA) is 283 Å². The number of nitrogens with zero attached hydrogens (tertiary/aromatic N) is 6. The predicted octanol–water partition coefficient (Wildman–Crippen LogP) is 6.32. The van der Waals surface area contributed by atoms with Crippen LogP contribution in [0.25, 0.3) is 11.6 Å². The zero-order valence-corrected chi connectivity index (χ0v) is 36.0. The van der Waals surface area contributed by atoms with Gasteiger partial charge in [-0.15, -0.1) is 20.2 Å². The summed E-state index contributed by atoms with van der Waals surface area (Å²) in [6.07, 6.45) is 2.85. The number of methoxy groups -OCH3 is 1. The van der Waals surface area contributed by atoms with Crippen molar-refractivity contribution in [1.29, 1.82) is 0 Å². The maximum atomic E-state index is 14.2. The number of benzene rings is 4. The number of hydrogen-bond donors (Lipinski definition) is 1. The number of anilines is 1. The van der Waals surface area contributed by atoms with E-state index in [0.717, 1.165) is 0 Å². The Hall–Kier alpha value is -8.47. The standard InChI is InChI=1S/C43H39N7O15S/c1-43(2,27-62-41(51)30-14-12-28(13-15-30)25-63-49(53)54)32-16-18-33(19-17-32)66(57,58)48-37-36(65-35-11-5-4-10-34(35)59-3)40(47-39(46-37)38-44-20-7-21-45-38)60-22-23-61-42(52)31-9-6-8-29(24-31)26-64-50(55)56/h4-21,24H,22-23,25-27H2,1-3H3,(H,46,47,48). The number of carbonyl (C=O) groups is 2. The predicted molar refractivity (Wildman–Crippen MR) is 229 cm³/mol. The van der Waals surface area contributed by atoms with E-state index in [1.54, 1.807) is 56.3 Å². The fraction of sp³-hybridized carbons (Fsp3) is 0.209. The Bertz CT molecular complexity index is 2800. The maximum Gasteiger partial charge on any atom is 0.338 e. The monoisotopic (exact) mass is 925 g/mol. The molecule has 0 fully saturated rings. The van der Waals surface area contributed by atoms with Crippen molar-refractivity contribution in [3.63, 3.8) is 0 Å². The summed E-state index contributed by atoms with van der Waals surface area (Å²) in [5, 5.41) is 19.2. The minimum absolute atomic E-state index is 0.00870. The van der Waals surface area contributed by atoms with Crippen LogP contribution in [0.5, 0.6) is 23.1 Å². The highest BCUT2D eigenvalue weighted by molar-refractivity contribution is 7.92. The van der Waals surface area contributed by atoms with Crippen molar-refractivity contribution in [1.82, 2.24) is 19.9 Å². The smallest absolute Gasteiger partial charge is 0.338 e. The molecular weight excluding hydrogens is 887 g/mol. The molecule has 6 rings (SSSR count). The molecule has 2 heterocycles. The van der Waals surface area contributed by atoms with Gasteiger partial charge in [-0.25, -0.2) is 33.0 Å². The van der Waals surface area contributed by atoms with E-state index in [0.29, 0.717) is 16.7 Å². The molecule has 0 saturated heterocycles. The molecule has 6 aromatic rings. The lowest BCUT2D eigenvalue weighted by atomic mass is 9.86. The van der Waals surface area contributed by atoms with E-state index < -0.39 is 43.4 Å². The van der Waals surface area contributed by atoms with Gasteiger partial charge in [0.05, 0.1) is 23.1 Å². The first kappa shape index (κ1) is 47.0. The Kier molecular flexibility index (Phi) is 15.2. The van der Waals surface area contributed by atoms with Crippen LogP contribution in [0.2, 0.25) is 0 Å². The SMILES string of the molecule is COc1ccccc1Oc1c(NS(=O)(=O)c2ccc(C(C)(C)COC(=O)c3ccc(CO[N+](=O)[O-])cc3)cc2)nc(-c2ncccn2)nc1OCCOC(=O)c1cccc(CO[N+](=O)[O-])c1. The highest BCUT2D eigenvalue weighted by Crippen LogP contribution is 2.41. The number of aromatic nitrogens is 4. The second-order valence-electron chi connectivity index (χ2n) is 14.3. The molecule has 342 valence electrons. The van der Waals surface area contributed by atoms with Crippen LogP contribution in [0.15, 0.2) is 120 Å². The largest absolute Gasteiger partial charge is 0.493 e. The molecule has 0 aliphatic rings. The van der Waals surface area contributed by atoms with Crippen molar-refractivity contribution < 1.29 is 61.5 Å². The van der Waals surface area contributed by atoms with Gasteiger partial charge in [0.1, 0.15) is 33.0 Å². The van der Waals surface area contributed by atoms with E-state index in [4.69, 9.17) is 23.7 Å². The van der Waals surface area contributed by atoms with Gasteiger partial charge in [-0.05, 0) is 71.3 Å². The molecule has 2 aromatic heterocycles. The summed E-state index contributed by atoms with van der Waals surface area (Å²) in [5.41, 5.74) is 0.968. The number of hydrogen-bond acceptors (Lipinski definition) is 19. The molecule has 0 saturated carbocycles.